The first-order valence-corrected chi connectivity index (χ1v) is 12.3. The molecule has 0 bridgehead atoms. The van der Waals surface area contributed by atoms with E-state index in [4.69, 9.17) is 11.6 Å². The van der Waals surface area contributed by atoms with Gasteiger partial charge in [-0.1, -0.05) is 66.2 Å². The molecule has 4 aromatic rings. The van der Waals surface area contributed by atoms with Gasteiger partial charge in [0.1, 0.15) is 11.3 Å². The maximum Gasteiger partial charge on any atom is 0.461 e. The Bertz CT molecular complexity index is 1470. The molecular formula is C29H22ClF4N3O3. The number of alkyl halides is 4. The lowest BCUT2D eigenvalue weighted by atomic mass is 9.80. The van der Waals surface area contributed by atoms with Gasteiger partial charge in [0.15, 0.2) is 6.29 Å². The van der Waals surface area contributed by atoms with Crippen molar-refractivity contribution < 1.29 is 31.9 Å². The summed E-state index contributed by atoms with van der Waals surface area (Å²) < 4.78 is 57.7. The number of rotatable bonds is 10. The summed E-state index contributed by atoms with van der Waals surface area (Å²) in [6.45, 7) is 0. The molecule has 1 aromatic heterocycles. The summed E-state index contributed by atoms with van der Waals surface area (Å²) in [6.07, 6.45) is -6.83. The first-order chi connectivity index (χ1) is 19.1. The number of hydrogen-bond acceptors (Lipinski definition) is 4. The summed E-state index contributed by atoms with van der Waals surface area (Å²) in [5.41, 5.74) is 0.0786. The molecule has 2 N–H and O–H groups in total. The Morgan fingerprint density at radius 1 is 0.975 bits per heavy atom. The van der Waals surface area contributed by atoms with Crippen LogP contribution in [0.1, 0.15) is 27.2 Å². The average Bonchev–Trinajstić information content (AvgIpc) is 2.93. The first-order valence-electron chi connectivity index (χ1n) is 11.9. The summed E-state index contributed by atoms with van der Waals surface area (Å²) in [5, 5.41) is 5.82. The summed E-state index contributed by atoms with van der Waals surface area (Å²) in [5.74, 6) is -0.553. The second-order valence-corrected chi connectivity index (χ2v) is 9.14. The molecule has 40 heavy (non-hydrogen) atoms. The number of aldehydes is 1. The van der Waals surface area contributed by atoms with Gasteiger partial charge in [-0.3, -0.25) is 9.78 Å². The van der Waals surface area contributed by atoms with Gasteiger partial charge in [-0.05, 0) is 47.5 Å². The zero-order valence-electron chi connectivity index (χ0n) is 20.7. The largest absolute Gasteiger partial charge is 0.461 e. The third-order valence-electron chi connectivity index (χ3n) is 5.97. The van der Waals surface area contributed by atoms with E-state index in [9.17, 15) is 27.2 Å². The van der Waals surface area contributed by atoms with Crippen LogP contribution in [0.25, 0.3) is 0 Å². The minimum absolute atomic E-state index is 0.0555. The Morgan fingerprint density at radius 3 is 2.38 bits per heavy atom. The van der Waals surface area contributed by atoms with E-state index >= 15 is 0 Å². The van der Waals surface area contributed by atoms with Gasteiger partial charge >= 0.3 is 18.6 Å². The molecule has 206 valence electrons. The highest BCUT2D eigenvalue weighted by Gasteiger charge is 2.44. The van der Waals surface area contributed by atoms with Crippen molar-refractivity contribution in [1.29, 1.82) is 0 Å². The topological polar surface area (TPSA) is 80.3 Å². The fourth-order valence-corrected chi connectivity index (χ4v) is 4.25. The normalized spacial score (nSPS) is 12.8. The number of benzene rings is 3. The van der Waals surface area contributed by atoms with Crippen LogP contribution in [0.2, 0.25) is 5.02 Å². The Labute approximate surface area is 232 Å². The van der Waals surface area contributed by atoms with Gasteiger partial charge in [-0.2, -0.15) is 17.6 Å². The monoisotopic (exact) mass is 571 g/mol. The van der Waals surface area contributed by atoms with Crippen LogP contribution in [0.3, 0.4) is 0 Å². The van der Waals surface area contributed by atoms with E-state index in [1.807, 2.05) is 0 Å². The summed E-state index contributed by atoms with van der Waals surface area (Å²) in [6, 6.07) is 22.7. The van der Waals surface area contributed by atoms with Gasteiger partial charge in [0.25, 0.3) is 0 Å². The van der Waals surface area contributed by atoms with Crippen molar-refractivity contribution in [3.05, 3.63) is 125 Å². The summed E-state index contributed by atoms with van der Waals surface area (Å²) in [4.78, 5) is 29.4. The molecular weight excluding hydrogens is 550 g/mol. The molecule has 1 atom stereocenters. The molecule has 0 aliphatic carbocycles. The highest BCUT2D eigenvalue weighted by atomic mass is 35.5. The molecule has 11 heteroatoms. The van der Waals surface area contributed by atoms with E-state index in [-0.39, 0.29) is 28.9 Å². The van der Waals surface area contributed by atoms with Crippen molar-refractivity contribution in [3.63, 3.8) is 0 Å². The molecule has 0 spiro atoms. The van der Waals surface area contributed by atoms with Crippen LogP contribution in [0.15, 0.2) is 97.2 Å². The van der Waals surface area contributed by atoms with Gasteiger partial charge < -0.3 is 15.4 Å². The molecule has 6 nitrogen and oxygen atoms in total. The highest BCUT2D eigenvalue weighted by Crippen LogP contribution is 2.36. The lowest BCUT2D eigenvalue weighted by molar-refractivity contribution is -0.253. The number of ether oxygens (including phenoxy) is 1. The van der Waals surface area contributed by atoms with Gasteiger partial charge in [0, 0.05) is 18.2 Å². The second-order valence-electron chi connectivity index (χ2n) is 8.71. The molecule has 3 aromatic carbocycles. The zero-order chi connectivity index (χ0) is 28.8. The van der Waals surface area contributed by atoms with Crippen LogP contribution in [0.4, 0.5) is 28.0 Å². The number of nitrogens with one attached hydrogen (secondary N) is 2. The van der Waals surface area contributed by atoms with E-state index in [0.717, 1.165) is 17.7 Å². The molecule has 0 radical (unpaired) electrons. The Morgan fingerprint density at radius 2 is 1.70 bits per heavy atom. The van der Waals surface area contributed by atoms with E-state index in [1.54, 1.807) is 48.5 Å². The van der Waals surface area contributed by atoms with Crippen molar-refractivity contribution in [2.75, 3.05) is 5.32 Å². The molecule has 0 aliphatic heterocycles. The van der Waals surface area contributed by atoms with Crippen LogP contribution in [-0.2, 0) is 12.0 Å². The number of pyridine rings is 1. The maximum absolute atomic E-state index is 13.8. The average molecular weight is 572 g/mol. The number of urea groups is 1. The Balaban J connectivity index is 1.86. The minimum atomic E-state index is -4.75. The molecule has 4 rings (SSSR count). The number of aromatic nitrogens is 1. The Kier molecular flexibility index (Phi) is 8.69. The van der Waals surface area contributed by atoms with Crippen LogP contribution in [0, 0.1) is 0 Å². The number of nitrogens with zero attached hydrogens (tertiary/aromatic N) is 1. The van der Waals surface area contributed by atoms with Crippen LogP contribution >= 0.6 is 11.6 Å². The van der Waals surface area contributed by atoms with Crippen LogP contribution in [0.5, 0.6) is 5.75 Å². The number of carbonyl (C=O) groups is 2. The molecule has 2 amide bonds. The second kappa shape index (κ2) is 12.2. The number of para-hydroxylation sites is 1. The van der Waals surface area contributed by atoms with Gasteiger partial charge in [0.05, 0.1) is 16.4 Å². The van der Waals surface area contributed by atoms with Crippen molar-refractivity contribution in [1.82, 2.24) is 10.3 Å². The lowest BCUT2D eigenvalue weighted by Gasteiger charge is -2.36. The van der Waals surface area contributed by atoms with Gasteiger partial charge in [-0.25, -0.2) is 4.79 Å². The predicted molar refractivity (Wildman–Crippen MR) is 142 cm³/mol. The smallest absolute Gasteiger partial charge is 0.428 e. The highest BCUT2D eigenvalue weighted by molar-refractivity contribution is 6.30. The summed E-state index contributed by atoms with van der Waals surface area (Å²) >= 11 is 6.07. The molecule has 0 aliphatic rings. The standard InChI is InChI=1S/C29H22ClF4N3O3/c30-22-13-14-25(35-17-22)28(16-19-7-2-1-3-8-19,37-27(39)36-24-12-5-4-9-20(24)18-38)21-10-6-11-23(15-21)40-29(33,34)26(31)32/h1-15,17-18,26H,16H2,(H2,36,37,39)/t28-/m0/s1. The fourth-order valence-electron chi connectivity index (χ4n) is 4.14. The van der Waals surface area contributed by atoms with E-state index in [2.05, 4.69) is 20.4 Å². The lowest BCUT2D eigenvalue weighted by Crippen LogP contribution is -2.50. The molecule has 1 heterocycles. The quantitative estimate of drug-likeness (QED) is 0.157. The van der Waals surface area contributed by atoms with E-state index < -0.39 is 29.9 Å². The number of carbonyl (C=O) groups excluding carboxylic acids is 2. The van der Waals surface area contributed by atoms with Crippen LogP contribution in [-0.4, -0.2) is 29.8 Å². The number of amides is 2. The molecule has 0 fully saturated rings. The van der Waals surface area contributed by atoms with Crippen molar-refractivity contribution in [2.45, 2.75) is 24.5 Å². The van der Waals surface area contributed by atoms with Gasteiger partial charge in [-0.15, -0.1) is 0 Å². The fraction of sp³-hybridized carbons (Fsp3) is 0.138. The minimum Gasteiger partial charge on any atom is -0.428 e. The Hall–Kier alpha value is -4.44. The summed E-state index contributed by atoms with van der Waals surface area (Å²) in [7, 11) is 0. The van der Waals surface area contributed by atoms with Crippen molar-refractivity contribution in [3.8, 4) is 5.75 Å². The molecule has 0 unspecified atom stereocenters. The third kappa shape index (κ3) is 6.58. The molecule has 0 saturated carbocycles. The number of hydrogen-bond donors (Lipinski definition) is 2. The van der Waals surface area contributed by atoms with Crippen molar-refractivity contribution in [2.24, 2.45) is 0 Å². The van der Waals surface area contributed by atoms with E-state index in [0.29, 0.717) is 11.3 Å². The zero-order valence-corrected chi connectivity index (χ0v) is 21.4. The maximum atomic E-state index is 13.8. The SMILES string of the molecule is O=Cc1ccccc1NC(=O)N[C@@](Cc1ccccc1)(c1cccc(OC(F)(F)C(F)F)c1)c1ccc(Cl)cn1. The number of anilines is 1. The number of halogens is 5. The predicted octanol–water partition coefficient (Wildman–Crippen LogP) is 7.09. The third-order valence-corrected chi connectivity index (χ3v) is 6.20. The van der Waals surface area contributed by atoms with Gasteiger partial charge in [0.2, 0.25) is 0 Å². The van der Waals surface area contributed by atoms with Crippen LogP contribution < -0.4 is 15.4 Å². The molecule has 0 saturated heterocycles. The first kappa shape index (κ1) is 28.6. The van der Waals surface area contributed by atoms with Crippen molar-refractivity contribution >= 4 is 29.6 Å². The van der Waals surface area contributed by atoms with E-state index in [1.165, 1.54) is 36.5 Å².